The molecular weight excluding hydrogens is 220 g/mol. The van der Waals surface area contributed by atoms with Crippen molar-refractivity contribution in [3.05, 3.63) is 53.9 Å². The van der Waals surface area contributed by atoms with Crippen LogP contribution in [0.2, 0.25) is 0 Å². The third kappa shape index (κ3) is 2.16. The van der Waals surface area contributed by atoms with Crippen molar-refractivity contribution in [3.63, 3.8) is 0 Å². The first-order valence-electron chi connectivity index (χ1n) is 6.63. The summed E-state index contributed by atoms with van der Waals surface area (Å²) < 4.78 is 0. The lowest BCUT2D eigenvalue weighted by molar-refractivity contribution is 0.615. The van der Waals surface area contributed by atoms with E-state index in [1.54, 1.807) is 0 Å². The summed E-state index contributed by atoms with van der Waals surface area (Å²) in [6.07, 6.45) is 8.43. The number of hydrogen-bond acceptors (Lipinski definition) is 2. The summed E-state index contributed by atoms with van der Waals surface area (Å²) in [7, 11) is 0. The van der Waals surface area contributed by atoms with Crippen LogP contribution < -0.4 is 5.73 Å². The van der Waals surface area contributed by atoms with Gasteiger partial charge in [-0.2, -0.15) is 0 Å². The summed E-state index contributed by atoms with van der Waals surface area (Å²) in [5, 5.41) is 0. The molecule has 2 nitrogen and oxygen atoms in total. The van der Waals surface area contributed by atoms with E-state index in [-0.39, 0.29) is 6.04 Å². The van der Waals surface area contributed by atoms with E-state index < -0.39 is 0 Å². The highest BCUT2D eigenvalue weighted by Crippen LogP contribution is 2.30. The van der Waals surface area contributed by atoms with Crippen LogP contribution in [-0.4, -0.2) is 4.98 Å². The third-order valence-corrected chi connectivity index (χ3v) is 3.77. The zero-order valence-corrected chi connectivity index (χ0v) is 10.5. The van der Waals surface area contributed by atoms with E-state index in [0.717, 1.165) is 12.8 Å². The molecule has 0 bridgehead atoms. The van der Waals surface area contributed by atoms with Crippen molar-refractivity contribution in [2.24, 2.45) is 5.73 Å². The molecule has 1 aromatic heterocycles. The second-order valence-corrected chi connectivity index (χ2v) is 5.00. The number of aromatic nitrogens is 1. The Morgan fingerprint density at radius 2 is 1.83 bits per heavy atom. The lowest BCUT2D eigenvalue weighted by Crippen LogP contribution is -2.10. The lowest BCUT2D eigenvalue weighted by atomic mass is 9.95. The molecule has 1 heterocycles. The molecule has 0 radical (unpaired) electrons. The molecule has 1 aromatic carbocycles. The van der Waals surface area contributed by atoms with Crippen molar-refractivity contribution in [1.82, 2.24) is 4.98 Å². The van der Waals surface area contributed by atoms with Gasteiger partial charge in [0.2, 0.25) is 0 Å². The Morgan fingerprint density at radius 3 is 2.67 bits per heavy atom. The van der Waals surface area contributed by atoms with Crippen LogP contribution in [0, 0.1) is 0 Å². The number of pyridine rings is 1. The highest BCUT2D eigenvalue weighted by atomic mass is 14.6. The Morgan fingerprint density at radius 1 is 1.00 bits per heavy atom. The van der Waals surface area contributed by atoms with Crippen molar-refractivity contribution in [1.29, 1.82) is 0 Å². The fraction of sp³-hybridized carbons (Fsp3) is 0.312. The number of aryl methyl sites for hydroxylation is 1. The van der Waals surface area contributed by atoms with Gasteiger partial charge in [0.05, 0.1) is 0 Å². The molecule has 0 fully saturated rings. The van der Waals surface area contributed by atoms with Crippen LogP contribution in [0.5, 0.6) is 0 Å². The minimum Gasteiger partial charge on any atom is -0.324 e. The summed E-state index contributed by atoms with van der Waals surface area (Å²) in [5.41, 5.74) is 11.5. The van der Waals surface area contributed by atoms with E-state index >= 15 is 0 Å². The number of benzene rings is 1. The smallest absolute Gasteiger partial charge is 0.0297 e. The number of hydrogen-bond donors (Lipinski definition) is 1. The molecule has 1 aliphatic rings. The van der Waals surface area contributed by atoms with E-state index in [0.29, 0.717) is 0 Å². The first-order chi connectivity index (χ1) is 8.84. The van der Waals surface area contributed by atoms with Crippen LogP contribution in [0.25, 0.3) is 11.1 Å². The van der Waals surface area contributed by atoms with Crippen LogP contribution in [0.3, 0.4) is 0 Å². The molecule has 0 amide bonds. The molecule has 0 saturated carbocycles. The molecule has 3 rings (SSSR count). The molecule has 1 aliphatic carbocycles. The third-order valence-electron chi connectivity index (χ3n) is 3.77. The highest BCUT2D eigenvalue weighted by molar-refractivity contribution is 5.64. The minimum atomic E-state index is 0.217. The summed E-state index contributed by atoms with van der Waals surface area (Å²) in [4.78, 5) is 4.07. The predicted octanol–water partition coefficient (Wildman–Crippen LogP) is 3.47. The topological polar surface area (TPSA) is 38.9 Å². The normalized spacial score (nSPS) is 19.1. The quantitative estimate of drug-likeness (QED) is 0.772. The molecule has 2 heteroatoms. The van der Waals surface area contributed by atoms with E-state index in [1.165, 1.54) is 35.1 Å². The second-order valence-electron chi connectivity index (χ2n) is 5.00. The molecule has 2 N–H and O–H groups in total. The predicted molar refractivity (Wildman–Crippen MR) is 74.2 cm³/mol. The molecule has 2 aromatic rings. The Kier molecular flexibility index (Phi) is 3.11. The molecule has 0 saturated heterocycles. The van der Waals surface area contributed by atoms with Crippen LogP contribution in [-0.2, 0) is 6.42 Å². The summed E-state index contributed by atoms with van der Waals surface area (Å²) in [5.74, 6) is 0. The zero-order valence-electron chi connectivity index (χ0n) is 10.5. The Bertz CT molecular complexity index is 534. The van der Waals surface area contributed by atoms with E-state index in [9.17, 15) is 0 Å². The zero-order chi connectivity index (χ0) is 12.4. The maximum Gasteiger partial charge on any atom is 0.0297 e. The summed E-state index contributed by atoms with van der Waals surface area (Å²) in [6, 6.07) is 11.0. The average molecular weight is 238 g/mol. The Balaban J connectivity index is 2.03. The minimum absolute atomic E-state index is 0.217. The molecule has 92 valence electrons. The van der Waals surface area contributed by atoms with Crippen LogP contribution in [0.1, 0.15) is 36.4 Å². The van der Waals surface area contributed by atoms with Crippen LogP contribution in [0.4, 0.5) is 0 Å². The second kappa shape index (κ2) is 4.91. The Labute approximate surface area is 108 Å². The molecule has 1 unspecified atom stereocenters. The van der Waals surface area contributed by atoms with Crippen LogP contribution in [0.15, 0.2) is 42.7 Å². The summed E-state index contributed by atoms with van der Waals surface area (Å²) in [6.45, 7) is 0. The highest BCUT2D eigenvalue weighted by Gasteiger charge is 2.15. The molecule has 1 atom stereocenters. The first-order valence-corrected chi connectivity index (χ1v) is 6.63. The van der Waals surface area contributed by atoms with Gasteiger partial charge in [0, 0.05) is 18.4 Å². The standard InChI is InChI=1S/C16H18N2/c17-16-4-2-1-3-14-11-13(5-6-15(14)16)12-7-9-18-10-8-12/h5-11,16H,1-4,17H2. The van der Waals surface area contributed by atoms with Crippen molar-refractivity contribution < 1.29 is 0 Å². The monoisotopic (exact) mass is 238 g/mol. The molecule has 0 aliphatic heterocycles. The van der Waals surface area contributed by atoms with Gasteiger partial charge in [0.25, 0.3) is 0 Å². The average Bonchev–Trinajstić information content (AvgIpc) is 2.61. The largest absolute Gasteiger partial charge is 0.324 e. The Hall–Kier alpha value is -1.67. The SMILES string of the molecule is NC1CCCCc2cc(-c3ccncc3)ccc21. The van der Waals surface area contributed by atoms with E-state index in [1.807, 2.05) is 12.4 Å². The van der Waals surface area contributed by atoms with Crippen molar-refractivity contribution in [2.45, 2.75) is 31.7 Å². The number of rotatable bonds is 1. The van der Waals surface area contributed by atoms with Gasteiger partial charge in [-0.15, -0.1) is 0 Å². The van der Waals surface area contributed by atoms with Gasteiger partial charge in [-0.05, 0) is 53.6 Å². The molecular formula is C16H18N2. The summed E-state index contributed by atoms with van der Waals surface area (Å²) >= 11 is 0. The van der Waals surface area contributed by atoms with Crippen LogP contribution >= 0.6 is 0 Å². The number of fused-ring (bicyclic) bond motifs is 1. The van der Waals surface area contributed by atoms with E-state index in [2.05, 4.69) is 35.3 Å². The van der Waals surface area contributed by atoms with Gasteiger partial charge < -0.3 is 5.73 Å². The fourth-order valence-electron chi connectivity index (χ4n) is 2.74. The maximum atomic E-state index is 6.23. The first kappa shape index (κ1) is 11.4. The van der Waals surface area contributed by atoms with Crippen molar-refractivity contribution in [2.75, 3.05) is 0 Å². The van der Waals surface area contributed by atoms with Gasteiger partial charge in [0.15, 0.2) is 0 Å². The fourth-order valence-corrected chi connectivity index (χ4v) is 2.74. The van der Waals surface area contributed by atoms with Crippen molar-refractivity contribution >= 4 is 0 Å². The van der Waals surface area contributed by atoms with Gasteiger partial charge in [0.1, 0.15) is 0 Å². The maximum absolute atomic E-state index is 6.23. The molecule has 18 heavy (non-hydrogen) atoms. The lowest BCUT2D eigenvalue weighted by Gasteiger charge is -2.14. The van der Waals surface area contributed by atoms with Gasteiger partial charge in [-0.25, -0.2) is 0 Å². The van der Waals surface area contributed by atoms with Gasteiger partial charge in [-0.1, -0.05) is 24.6 Å². The van der Waals surface area contributed by atoms with E-state index in [4.69, 9.17) is 5.73 Å². The van der Waals surface area contributed by atoms with Gasteiger partial charge in [-0.3, -0.25) is 4.98 Å². The van der Waals surface area contributed by atoms with Gasteiger partial charge >= 0.3 is 0 Å². The number of nitrogens with zero attached hydrogens (tertiary/aromatic N) is 1. The number of nitrogens with two attached hydrogens (primary N) is 1. The molecule has 0 spiro atoms. The van der Waals surface area contributed by atoms with Crippen molar-refractivity contribution in [3.8, 4) is 11.1 Å².